The highest BCUT2D eigenvalue weighted by atomic mass is 32.2. The van der Waals surface area contributed by atoms with Crippen LogP contribution in [0.25, 0.3) is 0 Å². The number of amides is 1. The first-order valence-electron chi connectivity index (χ1n) is 10.2. The average molecular weight is 475 g/mol. The zero-order valence-corrected chi connectivity index (χ0v) is 19.9. The number of sulfonamides is 1. The standard InChI is InChI=1S/C22H26N4O4S2/c1-4-26(5-2)32(28,29)20-12-6-17(7-13-20)14-23-22(27)18-8-10-19(11-9-18)31-15-21-24-16(3)25-30-21/h6-13H,4-5,14-15H2,1-3H3,(H,23,27). The fraction of sp³-hybridized carbons (Fsp3) is 0.318. The van der Waals surface area contributed by atoms with Gasteiger partial charge in [0.15, 0.2) is 5.82 Å². The highest BCUT2D eigenvalue weighted by Crippen LogP contribution is 2.22. The van der Waals surface area contributed by atoms with Crippen molar-refractivity contribution in [3.63, 3.8) is 0 Å². The Hall–Kier alpha value is -2.69. The Kier molecular flexibility index (Phi) is 8.05. The number of nitrogens with zero attached hydrogens (tertiary/aromatic N) is 3. The number of thioether (sulfide) groups is 1. The van der Waals surface area contributed by atoms with E-state index in [0.717, 1.165) is 10.5 Å². The van der Waals surface area contributed by atoms with Gasteiger partial charge >= 0.3 is 0 Å². The minimum atomic E-state index is -3.49. The van der Waals surface area contributed by atoms with E-state index in [1.165, 1.54) is 4.31 Å². The number of nitrogens with one attached hydrogen (secondary N) is 1. The Morgan fingerprint density at radius 3 is 2.28 bits per heavy atom. The lowest BCUT2D eigenvalue weighted by Gasteiger charge is -2.18. The Morgan fingerprint density at radius 1 is 1.06 bits per heavy atom. The number of hydrogen-bond acceptors (Lipinski definition) is 7. The molecule has 0 radical (unpaired) electrons. The summed E-state index contributed by atoms with van der Waals surface area (Å²) in [6, 6.07) is 13.8. The number of aromatic nitrogens is 2. The molecule has 10 heteroatoms. The minimum Gasteiger partial charge on any atom is -0.348 e. The highest BCUT2D eigenvalue weighted by Gasteiger charge is 2.21. The molecule has 0 unspecified atom stereocenters. The summed E-state index contributed by atoms with van der Waals surface area (Å²) in [5.74, 6) is 1.53. The summed E-state index contributed by atoms with van der Waals surface area (Å²) >= 11 is 1.55. The fourth-order valence-corrected chi connectivity index (χ4v) is 5.22. The van der Waals surface area contributed by atoms with Crippen LogP contribution in [-0.4, -0.2) is 41.9 Å². The second-order valence-electron chi connectivity index (χ2n) is 6.96. The summed E-state index contributed by atoms with van der Waals surface area (Å²) in [5.41, 5.74) is 1.36. The van der Waals surface area contributed by atoms with Crippen LogP contribution in [0.15, 0.2) is 62.8 Å². The maximum absolute atomic E-state index is 12.6. The van der Waals surface area contributed by atoms with E-state index >= 15 is 0 Å². The maximum atomic E-state index is 12.6. The predicted octanol–water partition coefficient (Wildman–Crippen LogP) is 3.63. The molecular weight excluding hydrogens is 448 g/mol. The number of benzene rings is 2. The first-order chi connectivity index (χ1) is 15.3. The van der Waals surface area contributed by atoms with E-state index in [0.29, 0.717) is 42.7 Å². The number of aryl methyl sites for hydroxylation is 1. The van der Waals surface area contributed by atoms with Gasteiger partial charge in [-0.05, 0) is 48.9 Å². The van der Waals surface area contributed by atoms with Crippen LogP contribution >= 0.6 is 11.8 Å². The lowest BCUT2D eigenvalue weighted by molar-refractivity contribution is 0.0951. The van der Waals surface area contributed by atoms with Crippen LogP contribution in [0.1, 0.15) is 41.5 Å². The van der Waals surface area contributed by atoms with E-state index in [9.17, 15) is 13.2 Å². The van der Waals surface area contributed by atoms with E-state index in [1.807, 2.05) is 26.0 Å². The van der Waals surface area contributed by atoms with Crippen molar-refractivity contribution in [1.82, 2.24) is 19.8 Å². The molecule has 170 valence electrons. The molecule has 0 spiro atoms. The summed E-state index contributed by atoms with van der Waals surface area (Å²) in [6.45, 7) is 6.54. The molecule has 1 N–H and O–H groups in total. The van der Waals surface area contributed by atoms with Gasteiger partial charge in [0, 0.05) is 30.1 Å². The zero-order valence-electron chi connectivity index (χ0n) is 18.2. The van der Waals surface area contributed by atoms with E-state index in [1.54, 1.807) is 55.1 Å². The van der Waals surface area contributed by atoms with Gasteiger partial charge in [0.05, 0.1) is 10.6 Å². The highest BCUT2D eigenvalue weighted by molar-refractivity contribution is 7.98. The molecule has 0 aliphatic rings. The second kappa shape index (κ2) is 10.8. The van der Waals surface area contributed by atoms with Crippen LogP contribution in [0.2, 0.25) is 0 Å². The smallest absolute Gasteiger partial charge is 0.251 e. The molecule has 0 atom stereocenters. The first-order valence-corrected chi connectivity index (χ1v) is 12.7. The van der Waals surface area contributed by atoms with Gasteiger partial charge in [-0.3, -0.25) is 4.79 Å². The van der Waals surface area contributed by atoms with E-state index in [4.69, 9.17) is 4.52 Å². The topological polar surface area (TPSA) is 105 Å². The lowest BCUT2D eigenvalue weighted by atomic mass is 10.2. The van der Waals surface area contributed by atoms with E-state index < -0.39 is 10.0 Å². The molecule has 0 saturated carbocycles. The molecule has 1 aromatic heterocycles. The Labute approximate surface area is 192 Å². The molecule has 0 bridgehead atoms. The zero-order chi connectivity index (χ0) is 23.1. The first kappa shape index (κ1) is 24.0. The summed E-state index contributed by atoms with van der Waals surface area (Å²) in [7, 11) is -3.49. The van der Waals surface area contributed by atoms with E-state index in [2.05, 4.69) is 15.5 Å². The van der Waals surface area contributed by atoms with Crippen LogP contribution < -0.4 is 5.32 Å². The SMILES string of the molecule is CCN(CC)S(=O)(=O)c1ccc(CNC(=O)c2ccc(SCc3nc(C)no3)cc2)cc1. The Balaban J connectivity index is 1.54. The second-order valence-corrected chi connectivity index (χ2v) is 9.95. The minimum absolute atomic E-state index is 0.200. The van der Waals surface area contributed by atoms with Crippen molar-refractivity contribution in [2.45, 2.75) is 42.9 Å². The van der Waals surface area contributed by atoms with Gasteiger partial charge in [-0.25, -0.2) is 8.42 Å². The quantitative estimate of drug-likeness (QED) is 0.447. The maximum Gasteiger partial charge on any atom is 0.251 e. The number of rotatable bonds is 10. The number of carbonyl (C=O) groups excluding carboxylic acids is 1. The van der Waals surface area contributed by atoms with Gasteiger partial charge in [0.25, 0.3) is 5.91 Å². The monoisotopic (exact) mass is 474 g/mol. The van der Waals surface area contributed by atoms with Gasteiger partial charge in [0.2, 0.25) is 15.9 Å². The van der Waals surface area contributed by atoms with Crippen molar-refractivity contribution in [2.75, 3.05) is 13.1 Å². The Bertz CT molecular complexity index is 1140. The Morgan fingerprint density at radius 2 is 1.72 bits per heavy atom. The third-order valence-electron chi connectivity index (χ3n) is 4.77. The summed E-state index contributed by atoms with van der Waals surface area (Å²) in [6.07, 6.45) is 0. The van der Waals surface area contributed by atoms with Gasteiger partial charge in [0.1, 0.15) is 0 Å². The largest absolute Gasteiger partial charge is 0.348 e. The van der Waals surface area contributed by atoms with Crippen molar-refractivity contribution in [1.29, 1.82) is 0 Å². The average Bonchev–Trinajstić information content (AvgIpc) is 3.22. The normalized spacial score (nSPS) is 11.6. The third kappa shape index (κ3) is 5.96. The molecule has 0 saturated heterocycles. The van der Waals surface area contributed by atoms with Crippen LogP contribution in [-0.2, 0) is 22.3 Å². The predicted molar refractivity (Wildman–Crippen MR) is 123 cm³/mol. The summed E-state index contributed by atoms with van der Waals surface area (Å²) in [5, 5.41) is 6.62. The van der Waals surface area contributed by atoms with Gasteiger partial charge in [-0.2, -0.15) is 9.29 Å². The van der Waals surface area contributed by atoms with Crippen molar-refractivity contribution in [3.8, 4) is 0 Å². The van der Waals surface area contributed by atoms with Gasteiger partial charge < -0.3 is 9.84 Å². The summed E-state index contributed by atoms with van der Waals surface area (Å²) < 4.78 is 31.6. The van der Waals surface area contributed by atoms with Gasteiger partial charge in [-0.15, -0.1) is 11.8 Å². The molecule has 3 rings (SSSR count). The molecular formula is C22H26N4O4S2. The van der Waals surface area contributed by atoms with Crippen molar-refractivity contribution < 1.29 is 17.7 Å². The van der Waals surface area contributed by atoms with Crippen molar-refractivity contribution in [3.05, 3.63) is 71.4 Å². The molecule has 0 fully saturated rings. The van der Waals surface area contributed by atoms with Crippen molar-refractivity contribution in [2.24, 2.45) is 0 Å². The fourth-order valence-electron chi connectivity index (χ4n) is 3.02. The molecule has 2 aromatic carbocycles. The molecule has 3 aromatic rings. The number of hydrogen-bond donors (Lipinski definition) is 1. The van der Waals surface area contributed by atoms with Gasteiger partial charge in [-0.1, -0.05) is 31.1 Å². The molecule has 1 amide bonds. The lowest BCUT2D eigenvalue weighted by Crippen LogP contribution is -2.30. The molecule has 8 nitrogen and oxygen atoms in total. The number of carbonyl (C=O) groups is 1. The molecule has 32 heavy (non-hydrogen) atoms. The van der Waals surface area contributed by atoms with Crippen LogP contribution in [0.4, 0.5) is 0 Å². The molecule has 1 heterocycles. The summed E-state index contributed by atoms with van der Waals surface area (Å²) in [4.78, 5) is 17.9. The van der Waals surface area contributed by atoms with Crippen LogP contribution in [0.5, 0.6) is 0 Å². The molecule has 0 aliphatic carbocycles. The van der Waals surface area contributed by atoms with Crippen LogP contribution in [0, 0.1) is 6.92 Å². The van der Waals surface area contributed by atoms with Crippen molar-refractivity contribution >= 4 is 27.7 Å². The van der Waals surface area contributed by atoms with E-state index in [-0.39, 0.29) is 10.8 Å². The molecule has 0 aliphatic heterocycles. The van der Waals surface area contributed by atoms with Crippen LogP contribution in [0.3, 0.4) is 0 Å². The third-order valence-corrected chi connectivity index (χ3v) is 7.83.